The van der Waals surface area contributed by atoms with Crippen molar-refractivity contribution >= 4 is 22.4 Å². The van der Waals surface area contributed by atoms with Gasteiger partial charge in [-0.25, -0.2) is 4.68 Å². The molecule has 1 N–H and O–H groups in total. The number of benzene rings is 2. The minimum atomic E-state index is -0.254. The summed E-state index contributed by atoms with van der Waals surface area (Å²) >= 11 is 0. The Balaban J connectivity index is 1.39. The van der Waals surface area contributed by atoms with E-state index in [1.807, 2.05) is 25.1 Å². The standard InChI is InChI=1S/C24H28N4O2/c1-17-11-13-27(14-12-17)21-9-7-19(8-10-21)18(2)26-23(29)16-28-24(30)22-6-4-3-5-20(22)15-25-28/h3-10,15,17-18H,11-14,16H2,1-2H3,(H,26,29). The third-order valence-electron chi connectivity index (χ3n) is 5.97. The molecule has 1 saturated heterocycles. The molecule has 0 saturated carbocycles. The minimum Gasteiger partial charge on any atom is -0.372 e. The Kier molecular flexibility index (Phi) is 5.84. The van der Waals surface area contributed by atoms with Crippen molar-refractivity contribution in [1.82, 2.24) is 15.1 Å². The van der Waals surface area contributed by atoms with Gasteiger partial charge in [-0.1, -0.05) is 37.3 Å². The smallest absolute Gasteiger partial charge is 0.275 e. The molecular formula is C24H28N4O2. The third kappa shape index (κ3) is 4.37. The predicted octanol–water partition coefficient (Wildman–Crippen LogP) is 3.51. The molecule has 1 aliphatic rings. The Hall–Kier alpha value is -3.15. The summed E-state index contributed by atoms with van der Waals surface area (Å²) in [6.07, 6.45) is 4.08. The van der Waals surface area contributed by atoms with Crippen LogP contribution in [0, 0.1) is 5.92 Å². The number of nitrogens with zero attached hydrogens (tertiary/aromatic N) is 3. The van der Waals surface area contributed by atoms with E-state index >= 15 is 0 Å². The number of nitrogens with one attached hydrogen (secondary N) is 1. The van der Waals surface area contributed by atoms with Crippen LogP contribution in [0.25, 0.3) is 10.8 Å². The fourth-order valence-corrected chi connectivity index (χ4v) is 3.99. The van der Waals surface area contributed by atoms with Gasteiger partial charge >= 0.3 is 0 Å². The molecule has 6 heteroatoms. The highest BCUT2D eigenvalue weighted by molar-refractivity contribution is 5.81. The van der Waals surface area contributed by atoms with Crippen molar-refractivity contribution in [3.05, 3.63) is 70.6 Å². The summed E-state index contributed by atoms with van der Waals surface area (Å²) in [5.41, 5.74) is 2.02. The van der Waals surface area contributed by atoms with E-state index < -0.39 is 0 Å². The van der Waals surface area contributed by atoms with Crippen LogP contribution in [-0.2, 0) is 11.3 Å². The number of rotatable bonds is 5. The lowest BCUT2D eigenvalue weighted by atomic mass is 9.98. The summed E-state index contributed by atoms with van der Waals surface area (Å²) < 4.78 is 1.21. The zero-order chi connectivity index (χ0) is 21.1. The Labute approximate surface area is 176 Å². The number of hydrogen-bond donors (Lipinski definition) is 1. The highest BCUT2D eigenvalue weighted by atomic mass is 16.2. The monoisotopic (exact) mass is 404 g/mol. The molecule has 30 heavy (non-hydrogen) atoms. The maximum absolute atomic E-state index is 12.5. The molecule has 0 spiro atoms. The average Bonchev–Trinajstić information content (AvgIpc) is 2.76. The topological polar surface area (TPSA) is 67.2 Å². The van der Waals surface area contributed by atoms with Crippen molar-refractivity contribution in [3.8, 4) is 0 Å². The number of fused-ring (bicyclic) bond motifs is 1. The lowest BCUT2D eigenvalue weighted by molar-refractivity contribution is -0.122. The van der Waals surface area contributed by atoms with Gasteiger partial charge in [-0.15, -0.1) is 0 Å². The van der Waals surface area contributed by atoms with E-state index in [9.17, 15) is 9.59 Å². The molecule has 3 aromatic rings. The van der Waals surface area contributed by atoms with E-state index in [2.05, 4.69) is 46.5 Å². The van der Waals surface area contributed by atoms with Gasteiger partial charge in [0.25, 0.3) is 5.56 Å². The minimum absolute atomic E-state index is 0.0992. The first-order chi connectivity index (χ1) is 14.5. The lowest BCUT2D eigenvalue weighted by Crippen LogP contribution is -2.35. The molecule has 2 heterocycles. The summed E-state index contributed by atoms with van der Waals surface area (Å²) in [5, 5.41) is 8.45. The summed E-state index contributed by atoms with van der Waals surface area (Å²) in [4.78, 5) is 27.5. The number of carbonyl (C=O) groups excluding carboxylic acids is 1. The van der Waals surface area contributed by atoms with Crippen LogP contribution in [0.3, 0.4) is 0 Å². The molecule has 1 atom stereocenters. The van der Waals surface area contributed by atoms with Crippen LogP contribution in [0.1, 0.15) is 38.3 Å². The van der Waals surface area contributed by atoms with Crippen LogP contribution in [0.2, 0.25) is 0 Å². The van der Waals surface area contributed by atoms with Crippen LogP contribution in [0.4, 0.5) is 5.69 Å². The molecule has 1 amide bonds. The molecule has 0 bridgehead atoms. The van der Waals surface area contributed by atoms with Gasteiger partial charge in [0.05, 0.1) is 17.6 Å². The largest absolute Gasteiger partial charge is 0.372 e. The highest BCUT2D eigenvalue weighted by Gasteiger charge is 2.17. The summed E-state index contributed by atoms with van der Waals surface area (Å²) in [6.45, 7) is 6.36. The number of anilines is 1. The van der Waals surface area contributed by atoms with Gasteiger partial charge in [0.15, 0.2) is 0 Å². The normalized spacial score (nSPS) is 15.9. The summed E-state index contributed by atoms with van der Waals surface area (Å²) in [6, 6.07) is 15.5. The fraction of sp³-hybridized carbons (Fsp3) is 0.375. The molecule has 1 aromatic heterocycles. The number of piperidine rings is 1. The Bertz CT molecular complexity index is 1080. The predicted molar refractivity (Wildman–Crippen MR) is 120 cm³/mol. The number of aromatic nitrogens is 2. The Morgan fingerprint density at radius 3 is 2.57 bits per heavy atom. The molecule has 0 radical (unpaired) electrons. The van der Waals surface area contributed by atoms with Gasteiger partial charge in [0.1, 0.15) is 6.54 Å². The van der Waals surface area contributed by atoms with E-state index in [1.165, 1.54) is 23.2 Å². The molecule has 1 unspecified atom stereocenters. The molecule has 6 nitrogen and oxygen atoms in total. The van der Waals surface area contributed by atoms with E-state index in [0.717, 1.165) is 30.0 Å². The Morgan fingerprint density at radius 2 is 1.83 bits per heavy atom. The lowest BCUT2D eigenvalue weighted by Gasteiger charge is -2.32. The average molecular weight is 405 g/mol. The maximum atomic E-state index is 12.5. The molecule has 1 aliphatic heterocycles. The molecule has 156 valence electrons. The van der Waals surface area contributed by atoms with Gasteiger partial charge in [-0.3, -0.25) is 9.59 Å². The molecule has 2 aromatic carbocycles. The molecule has 1 fully saturated rings. The van der Waals surface area contributed by atoms with Crippen LogP contribution >= 0.6 is 0 Å². The van der Waals surface area contributed by atoms with Crippen molar-refractivity contribution < 1.29 is 4.79 Å². The second-order valence-electron chi connectivity index (χ2n) is 8.24. The first-order valence-corrected chi connectivity index (χ1v) is 10.6. The van der Waals surface area contributed by atoms with Gasteiger partial charge in [0, 0.05) is 24.2 Å². The summed E-state index contributed by atoms with van der Waals surface area (Å²) in [7, 11) is 0. The van der Waals surface area contributed by atoms with E-state index in [1.54, 1.807) is 12.3 Å². The molecular weight excluding hydrogens is 376 g/mol. The number of carbonyl (C=O) groups is 1. The van der Waals surface area contributed by atoms with E-state index in [0.29, 0.717) is 5.39 Å². The van der Waals surface area contributed by atoms with Crippen molar-refractivity contribution in [1.29, 1.82) is 0 Å². The van der Waals surface area contributed by atoms with E-state index in [-0.39, 0.29) is 24.1 Å². The maximum Gasteiger partial charge on any atom is 0.275 e. The second-order valence-corrected chi connectivity index (χ2v) is 8.24. The van der Waals surface area contributed by atoms with Crippen LogP contribution < -0.4 is 15.8 Å². The molecule has 0 aliphatic carbocycles. The van der Waals surface area contributed by atoms with Crippen molar-refractivity contribution in [2.45, 2.75) is 39.3 Å². The first kappa shape index (κ1) is 20.1. The second kappa shape index (κ2) is 8.69. The van der Waals surface area contributed by atoms with Crippen LogP contribution in [-0.4, -0.2) is 28.8 Å². The Morgan fingerprint density at radius 1 is 1.13 bits per heavy atom. The highest BCUT2D eigenvalue weighted by Crippen LogP contribution is 2.24. The van der Waals surface area contributed by atoms with E-state index in [4.69, 9.17) is 0 Å². The molecule has 4 rings (SSSR count). The van der Waals surface area contributed by atoms with Crippen molar-refractivity contribution in [2.24, 2.45) is 5.92 Å². The van der Waals surface area contributed by atoms with Gasteiger partial charge < -0.3 is 10.2 Å². The zero-order valence-electron chi connectivity index (χ0n) is 17.5. The SMILES string of the molecule is CC1CCN(c2ccc(C(C)NC(=O)Cn3ncc4ccccc4c3=O)cc2)CC1. The van der Waals surface area contributed by atoms with Crippen LogP contribution in [0.15, 0.2) is 59.5 Å². The first-order valence-electron chi connectivity index (χ1n) is 10.6. The van der Waals surface area contributed by atoms with Gasteiger partial charge in [-0.05, 0) is 49.4 Å². The number of amides is 1. The number of hydrogen-bond acceptors (Lipinski definition) is 4. The van der Waals surface area contributed by atoms with Gasteiger partial charge in [0.2, 0.25) is 5.91 Å². The van der Waals surface area contributed by atoms with Crippen molar-refractivity contribution in [3.63, 3.8) is 0 Å². The quantitative estimate of drug-likeness (QED) is 0.707. The van der Waals surface area contributed by atoms with Crippen LogP contribution in [0.5, 0.6) is 0 Å². The summed E-state index contributed by atoms with van der Waals surface area (Å²) in [5.74, 6) is 0.571. The van der Waals surface area contributed by atoms with Gasteiger partial charge in [-0.2, -0.15) is 5.10 Å². The fourth-order valence-electron chi connectivity index (χ4n) is 3.99. The third-order valence-corrected chi connectivity index (χ3v) is 5.97. The zero-order valence-corrected chi connectivity index (χ0v) is 17.5. The van der Waals surface area contributed by atoms with Crippen molar-refractivity contribution in [2.75, 3.05) is 18.0 Å².